The molecule has 0 bridgehead atoms. The number of likely N-dealkylation sites (tertiary alicyclic amines) is 1. The molecule has 1 atom stereocenters. The van der Waals surface area contributed by atoms with Gasteiger partial charge in [-0.2, -0.15) is 0 Å². The number of halogens is 2. The van der Waals surface area contributed by atoms with Gasteiger partial charge in [0.2, 0.25) is 0 Å². The van der Waals surface area contributed by atoms with Gasteiger partial charge in [-0.25, -0.2) is 3.11 Å². The van der Waals surface area contributed by atoms with Crippen molar-refractivity contribution in [3.05, 3.63) is 0 Å². The molecule has 2 rings (SSSR count). The summed E-state index contributed by atoms with van der Waals surface area (Å²) in [6.07, 6.45) is 2.84. The average Bonchev–Trinajstić information content (AvgIpc) is 2.32. The molecule has 0 N–H and O–H groups in total. The summed E-state index contributed by atoms with van der Waals surface area (Å²) in [5.41, 5.74) is 0. The van der Waals surface area contributed by atoms with Gasteiger partial charge >= 0.3 is 0 Å². The minimum absolute atomic E-state index is 0.921. The molecule has 0 aromatic heterocycles. The molecule has 0 aliphatic carbocycles. The summed E-state index contributed by atoms with van der Waals surface area (Å²) in [5, 5.41) is 0. The van der Waals surface area contributed by atoms with Crippen molar-refractivity contribution in [2.45, 2.75) is 12.8 Å². The van der Waals surface area contributed by atoms with Crippen molar-refractivity contribution in [2.24, 2.45) is 5.92 Å². The largest absolute Gasteiger partial charge is 0.300 e. The van der Waals surface area contributed by atoms with Crippen LogP contribution in [0.4, 0.5) is 0 Å². The van der Waals surface area contributed by atoms with Gasteiger partial charge in [0.05, 0.1) is 4.55 Å². The van der Waals surface area contributed by atoms with Crippen LogP contribution in [-0.2, 0) is 0 Å². The SMILES string of the molecule is ICN1CCC[C@@H](CN2CCN(I)CC2)C1. The van der Waals surface area contributed by atoms with Gasteiger partial charge in [-0.15, -0.1) is 0 Å². The minimum Gasteiger partial charge on any atom is -0.300 e. The van der Waals surface area contributed by atoms with Crippen molar-refractivity contribution < 1.29 is 0 Å². The second-order valence-electron chi connectivity index (χ2n) is 4.92. The first kappa shape index (κ1) is 13.8. The van der Waals surface area contributed by atoms with Crippen molar-refractivity contribution in [1.29, 1.82) is 0 Å². The van der Waals surface area contributed by atoms with E-state index in [-0.39, 0.29) is 0 Å². The molecule has 2 saturated heterocycles. The molecule has 0 amide bonds. The Morgan fingerprint density at radius 2 is 1.75 bits per heavy atom. The normalized spacial score (nSPS) is 30.8. The predicted octanol–water partition coefficient (Wildman–Crippen LogP) is 2.06. The van der Waals surface area contributed by atoms with Crippen molar-refractivity contribution in [3.8, 4) is 0 Å². The molecular weight excluding hydrogens is 428 g/mol. The van der Waals surface area contributed by atoms with Gasteiger partial charge in [0, 0.05) is 62.1 Å². The molecule has 2 aliphatic rings. The Morgan fingerprint density at radius 1 is 1.00 bits per heavy atom. The van der Waals surface area contributed by atoms with Gasteiger partial charge in [-0.1, -0.05) is 22.6 Å². The van der Waals surface area contributed by atoms with Gasteiger partial charge < -0.3 is 4.90 Å². The molecular formula is C11H21I2N3. The monoisotopic (exact) mass is 449 g/mol. The number of rotatable bonds is 3. The van der Waals surface area contributed by atoms with Crippen molar-refractivity contribution in [1.82, 2.24) is 12.9 Å². The molecule has 0 radical (unpaired) electrons. The average molecular weight is 449 g/mol. The van der Waals surface area contributed by atoms with E-state index in [0.717, 1.165) is 5.92 Å². The summed E-state index contributed by atoms with van der Waals surface area (Å²) in [4.78, 5) is 5.26. The van der Waals surface area contributed by atoms with Gasteiger partial charge in [-0.3, -0.25) is 4.90 Å². The molecule has 3 nitrogen and oxygen atoms in total. The van der Waals surface area contributed by atoms with Crippen LogP contribution in [0.15, 0.2) is 0 Å². The number of hydrogen-bond acceptors (Lipinski definition) is 3. The maximum absolute atomic E-state index is 2.66. The number of piperazine rings is 1. The molecule has 0 saturated carbocycles. The van der Waals surface area contributed by atoms with Crippen LogP contribution >= 0.6 is 45.5 Å². The van der Waals surface area contributed by atoms with Crippen molar-refractivity contribution in [3.63, 3.8) is 0 Å². The summed E-state index contributed by atoms with van der Waals surface area (Å²) in [6, 6.07) is 0. The van der Waals surface area contributed by atoms with Crippen LogP contribution in [0.2, 0.25) is 0 Å². The van der Waals surface area contributed by atoms with E-state index in [1.165, 1.54) is 63.2 Å². The Kier molecular flexibility index (Phi) is 6.07. The number of piperidine rings is 1. The minimum atomic E-state index is 0.921. The third-order valence-corrected chi connectivity index (χ3v) is 5.54. The van der Waals surface area contributed by atoms with Crippen LogP contribution in [0.3, 0.4) is 0 Å². The van der Waals surface area contributed by atoms with Crippen molar-refractivity contribution >= 4 is 45.5 Å². The Morgan fingerprint density at radius 3 is 2.44 bits per heavy atom. The zero-order chi connectivity index (χ0) is 11.4. The lowest BCUT2D eigenvalue weighted by Gasteiger charge is -2.37. The highest BCUT2D eigenvalue weighted by atomic mass is 127. The van der Waals surface area contributed by atoms with Gasteiger partial charge in [0.25, 0.3) is 0 Å². The smallest absolute Gasteiger partial charge is 0.0505 e. The van der Waals surface area contributed by atoms with Crippen LogP contribution in [0, 0.1) is 5.92 Å². The van der Waals surface area contributed by atoms with E-state index >= 15 is 0 Å². The van der Waals surface area contributed by atoms with Crippen LogP contribution in [0.1, 0.15) is 12.8 Å². The first-order chi connectivity index (χ1) is 7.78. The summed E-state index contributed by atoms with van der Waals surface area (Å²) in [5.74, 6) is 0.921. The van der Waals surface area contributed by atoms with Crippen LogP contribution in [0.25, 0.3) is 0 Å². The standard InChI is InChI=1S/C11H21I2N3/c12-10-15-3-1-2-11(9-15)8-14-4-6-16(13)7-5-14/h11H,1-10H2/t11-/m0/s1. The zero-order valence-corrected chi connectivity index (χ0v) is 14.1. The van der Waals surface area contributed by atoms with E-state index in [1.54, 1.807) is 0 Å². The van der Waals surface area contributed by atoms with Crippen LogP contribution < -0.4 is 0 Å². The molecule has 5 heteroatoms. The second kappa shape index (κ2) is 7.06. The lowest BCUT2D eigenvalue weighted by atomic mass is 9.97. The van der Waals surface area contributed by atoms with Gasteiger partial charge in [-0.05, 0) is 25.3 Å². The van der Waals surface area contributed by atoms with Gasteiger partial charge in [0.15, 0.2) is 0 Å². The van der Waals surface area contributed by atoms with E-state index < -0.39 is 0 Å². The lowest BCUT2D eigenvalue weighted by molar-refractivity contribution is 0.129. The third kappa shape index (κ3) is 4.22. The Hall–Kier alpha value is 1.34. The molecule has 16 heavy (non-hydrogen) atoms. The first-order valence-electron chi connectivity index (χ1n) is 6.19. The molecule has 0 unspecified atom stereocenters. The molecule has 2 aliphatic heterocycles. The molecule has 2 heterocycles. The van der Waals surface area contributed by atoms with E-state index in [4.69, 9.17) is 0 Å². The fraction of sp³-hybridized carbons (Fsp3) is 1.00. The fourth-order valence-corrected chi connectivity index (χ4v) is 3.73. The highest BCUT2D eigenvalue weighted by molar-refractivity contribution is 14.1. The van der Waals surface area contributed by atoms with E-state index in [9.17, 15) is 0 Å². The zero-order valence-electron chi connectivity index (χ0n) is 9.75. The van der Waals surface area contributed by atoms with Crippen LogP contribution in [-0.4, -0.2) is 63.3 Å². The number of nitrogens with zero attached hydrogens (tertiary/aromatic N) is 3. The summed E-state index contributed by atoms with van der Waals surface area (Å²) >= 11 is 4.94. The first-order valence-corrected chi connectivity index (χ1v) is 8.68. The van der Waals surface area contributed by atoms with Crippen LogP contribution in [0.5, 0.6) is 0 Å². The third-order valence-electron chi connectivity index (χ3n) is 3.61. The second-order valence-corrected chi connectivity index (χ2v) is 6.96. The summed E-state index contributed by atoms with van der Waals surface area (Å²) in [6.45, 7) is 8.99. The molecule has 0 spiro atoms. The predicted molar refractivity (Wildman–Crippen MR) is 85.2 cm³/mol. The Labute approximate surface area is 127 Å². The van der Waals surface area contributed by atoms with E-state index in [0.29, 0.717) is 0 Å². The Bertz CT molecular complexity index is 207. The summed E-state index contributed by atoms with van der Waals surface area (Å²) < 4.78 is 3.61. The highest BCUT2D eigenvalue weighted by Gasteiger charge is 2.23. The molecule has 2 fully saturated rings. The van der Waals surface area contributed by atoms with Crippen molar-refractivity contribution in [2.75, 3.05) is 50.4 Å². The highest BCUT2D eigenvalue weighted by Crippen LogP contribution is 2.19. The Balaban J connectivity index is 1.72. The molecule has 0 aromatic rings. The molecule has 94 valence electrons. The van der Waals surface area contributed by atoms with Gasteiger partial charge in [0.1, 0.15) is 0 Å². The lowest BCUT2D eigenvalue weighted by Crippen LogP contribution is -2.46. The summed E-state index contributed by atoms with van der Waals surface area (Å²) in [7, 11) is 0. The molecule has 0 aromatic carbocycles. The number of hydrogen-bond donors (Lipinski definition) is 0. The van der Waals surface area contributed by atoms with E-state index in [1.807, 2.05) is 0 Å². The maximum Gasteiger partial charge on any atom is 0.0505 e. The fourth-order valence-electron chi connectivity index (χ4n) is 2.68. The quantitative estimate of drug-likeness (QED) is 0.283. The van der Waals surface area contributed by atoms with E-state index in [2.05, 4.69) is 58.4 Å². The number of alkyl halides is 1. The topological polar surface area (TPSA) is 9.72 Å². The maximum atomic E-state index is 2.66.